The van der Waals surface area contributed by atoms with Crippen molar-refractivity contribution in [3.8, 4) is 0 Å². The highest BCUT2D eigenvalue weighted by atomic mass is 79.9. The highest BCUT2D eigenvalue weighted by Crippen LogP contribution is 2.41. The van der Waals surface area contributed by atoms with Gasteiger partial charge in [0.15, 0.2) is 11.2 Å². The van der Waals surface area contributed by atoms with Crippen LogP contribution in [0.5, 0.6) is 0 Å². The molecule has 1 amide bonds. The standard InChI is InChI=1S/C25H21BrN2O4/c1-13-11-19(27-32-13)28-21(14-5-7-15(8-6-14)25(2,3)4)20-22(29)17-12-16(26)9-10-18(17)31-23(20)24(28)30/h5-12,21H,1-4H3/t21-/m0/s1. The summed E-state index contributed by atoms with van der Waals surface area (Å²) in [6, 6.07) is 14.2. The molecule has 0 N–H and O–H groups in total. The van der Waals surface area contributed by atoms with Crippen molar-refractivity contribution >= 4 is 38.6 Å². The third-order valence-electron chi connectivity index (χ3n) is 5.79. The molecule has 7 heteroatoms. The summed E-state index contributed by atoms with van der Waals surface area (Å²) < 4.78 is 12.0. The van der Waals surface area contributed by atoms with E-state index in [9.17, 15) is 9.59 Å². The fraction of sp³-hybridized carbons (Fsp3) is 0.240. The van der Waals surface area contributed by atoms with Crippen molar-refractivity contribution in [2.75, 3.05) is 4.90 Å². The molecule has 0 unspecified atom stereocenters. The van der Waals surface area contributed by atoms with Crippen LogP contribution >= 0.6 is 15.9 Å². The van der Waals surface area contributed by atoms with Crippen LogP contribution in [0.4, 0.5) is 5.82 Å². The molecule has 32 heavy (non-hydrogen) atoms. The third-order valence-corrected chi connectivity index (χ3v) is 6.28. The first-order chi connectivity index (χ1) is 15.1. The fourth-order valence-electron chi connectivity index (χ4n) is 4.13. The molecule has 3 heterocycles. The predicted octanol–water partition coefficient (Wildman–Crippen LogP) is 5.90. The van der Waals surface area contributed by atoms with Gasteiger partial charge in [-0.2, -0.15) is 0 Å². The summed E-state index contributed by atoms with van der Waals surface area (Å²) in [6.07, 6.45) is 0. The van der Waals surface area contributed by atoms with E-state index in [0.717, 1.165) is 15.6 Å². The minimum Gasteiger partial charge on any atom is -0.450 e. The second kappa shape index (κ2) is 7.17. The quantitative estimate of drug-likeness (QED) is 0.348. The number of nitrogens with zero attached hydrogens (tertiary/aromatic N) is 2. The van der Waals surface area contributed by atoms with Gasteiger partial charge in [-0.3, -0.25) is 14.5 Å². The Kier molecular flexibility index (Phi) is 4.64. The van der Waals surface area contributed by atoms with Crippen molar-refractivity contribution in [1.82, 2.24) is 5.16 Å². The molecule has 1 atom stereocenters. The number of fused-ring (bicyclic) bond motifs is 2. The van der Waals surface area contributed by atoms with Crippen LogP contribution in [-0.2, 0) is 5.41 Å². The van der Waals surface area contributed by atoms with Gasteiger partial charge in [0.2, 0.25) is 5.76 Å². The molecular weight excluding hydrogens is 472 g/mol. The number of carbonyl (C=O) groups is 1. The summed E-state index contributed by atoms with van der Waals surface area (Å²) in [6.45, 7) is 8.17. The van der Waals surface area contributed by atoms with Gasteiger partial charge in [-0.25, -0.2) is 0 Å². The van der Waals surface area contributed by atoms with Crippen LogP contribution in [0.15, 0.2) is 66.7 Å². The molecule has 0 aliphatic carbocycles. The summed E-state index contributed by atoms with van der Waals surface area (Å²) in [4.78, 5) is 28.6. The van der Waals surface area contributed by atoms with Gasteiger partial charge in [-0.05, 0) is 41.7 Å². The zero-order chi connectivity index (χ0) is 22.8. The van der Waals surface area contributed by atoms with Crippen molar-refractivity contribution in [3.05, 3.63) is 91.4 Å². The second-order valence-electron chi connectivity index (χ2n) is 9.06. The number of hydrogen-bond donors (Lipinski definition) is 0. The number of benzene rings is 2. The lowest BCUT2D eigenvalue weighted by Gasteiger charge is -2.24. The fourth-order valence-corrected chi connectivity index (χ4v) is 4.49. The maximum Gasteiger partial charge on any atom is 0.296 e. The Morgan fingerprint density at radius 2 is 1.75 bits per heavy atom. The van der Waals surface area contributed by atoms with E-state index >= 15 is 0 Å². The lowest BCUT2D eigenvalue weighted by molar-refractivity contribution is 0.0969. The van der Waals surface area contributed by atoms with Crippen molar-refractivity contribution in [2.24, 2.45) is 0 Å². The average Bonchev–Trinajstić information content (AvgIpc) is 3.29. The highest BCUT2D eigenvalue weighted by Gasteiger charge is 2.45. The number of rotatable bonds is 2. The molecule has 162 valence electrons. The van der Waals surface area contributed by atoms with Crippen LogP contribution in [-0.4, -0.2) is 11.1 Å². The number of aryl methyl sites for hydroxylation is 1. The summed E-state index contributed by atoms with van der Waals surface area (Å²) in [7, 11) is 0. The van der Waals surface area contributed by atoms with E-state index in [-0.39, 0.29) is 16.6 Å². The Morgan fingerprint density at radius 1 is 1.03 bits per heavy atom. The Balaban J connectivity index is 1.77. The summed E-state index contributed by atoms with van der Waals surface area (Å²) in [5.41, 5.74) is 2.38. The van der Waals surface area contributed by atoms with Gasteiger partial charge in [-0.15, -0.1) is 0 Å². The summed E-state index contributed by atoms with van der Waals surface area (Å²) in [5.74, 6) is 0.530. The minimum atomic E-state index is -0.671. The van der Waals surface area contributed by atoms with Crippen molar-refractivity contribution < 1.29 is 13.7 Å². The molecule has 6 nitrogen and oxygen atoms in total. The molecule has 5 rings (SSSR count). The van der Waals surface area contributed by atoms with Crippen LogP contribution in [0.3, 0.4) is 0 Å². The normalized spacial score (nSPS) is 16.1. The monoisotopic (exact) mass is 492 g/mol. The second-order valence-corrected chi connectivity index (χ2v) is 9.98. The summed E-state index contributed by atoms with van der Waals surface area (Å²) >= 11 is 3.42. The third kappa shape index (κ3) is 3.19. The maximum absolute atomic E-state index is 13.6. The van der Waals surface area contributed by atoms with Gasteiger partial charge >= 0.3 is 0 Å². The van der Waals surface area contributed by atoms with Gasteiger partial charge in [-0.1, -0.05) is 66.1 Å². The summed E-state index contributed by atoms with van der Waals surface area (Å²) in [5, 5.41) is 4.47. The Hall–Kier alpha value is -3.19. The Labute approximate surface area is 192 Å². The molecular formula is C25H21BrN2O4. The molecule has 4 aromatic rings. The van der Waals surface area contributed by atoms with Crippen molar-refractivity contribution in [1.29, 1.82) is 0 Å². The van der Waals surface area contributed by atoms with E-state index in [4.69, 9.17) is 8.94 Å². The maximum atomic E-state index is 13.6. The van der Waals surface area contributed by atoms with E-state index in [0.29, 0.717) is 28.1 Å². The molecule has 1 aliphatic rings. The van der Waals surface area contributed by atoms with Crippen LogP contribution in [0.1, 0.15) is 59.8 Å². The first-order valence-corrected chi connectivity index (χ1v) is 11.1. The molecule has 2 aromatic heterocycles. The van der Waals surface area contributed by atoms with Crippen LogP contribution in [0, 0.1) is 6.92 Å². The number of hydrogen-bond acceptors (Lipinski definition) is 5. The molecule has 0 spiro atoms. The first-order valence-electron chi connectivity index (χ1n) is 10.3. The molecule has 0 radical (unpaired) electrons. The van der Waals surface area contributed by atoms with Crippen molar-refractivity contribution in [2.45, 2.75) is 39.2 Å². The van der Waals surface area contributed by atoms with Crippen molar-refractivity contribution in [3.63, 3.8) is 0 Å². The topological polar surface area (TPSA) is 76.6 Å². The van der Waals surface area contributed by atoms with Gasteiger partial charge in [0.05, 0.1) is 17.0 Å². The molecule has 0 saturated heterocycles. The van der Waals surface area contributed by atoms with Gasteiger partial charge in [0, 0.05) is 10.5 Å². The van der Waals surface area contributed by atoms with Crippen LogP contribution < -0.4 is 10.3 Å². The first kappa shape index (κ1) is 20.7. The molecule has 0 bridgehead atoms. The predicted molar refractivity (Wildman–Crippen MR) is 125 cm³/mol. The van der Waals surface area contributed by atoms with E-state index < -0.39 is 11.9 Å². The average molecular weight is 493 g/mol. The molecule has 1 aliphatic heterocycles. The molecule has 2 aromatic carbocycles. The molecule has 0 saturated carbocycles. The Morgan fingerprint density at radius 3 is 2.38 bits per heavy atom. The van der Waals surface area contributed by atoms with E-state index in [2.05, 4.69) is 41.9 Å². The lowest BCUT2D eigenvalue weighted by Crippen LogP contribution is -2.29. The van der Waals surface area contributed by atoms with E-state index in [1.807, 2.05) is 24.3 Å². The largest absolute Gasteiger partial charge is 0.450 e. The van der Waals surface area contributed by atoms with Crippen LogP contribution in [0.25, 0.3) is 11.0 Å². The SMILES string of the molecule is Cc1cc(N2C(=O)c3oc4ccc(Br)cc4c(=O)c3[C@@H]2c2ccc(C(C)(C)C)cc2)no1. The minimum absolute atomic E-state index is 0.0215. The van der Waals surface area contributed by atoms with E-state index in [1.165, 1.54) is 4.90 Å². The van der Waals surface area contributed by atoms with Crippen LogP contribution in [0.2, 0.25) is 0 Å². The zero-order valence-electron chi connectivity index (χ0n) is 18.1. The lowest BCUT2D eigenvalue weighted by atomic mass is 9.86. The smallest absolute Gasteiger partial charge is 0.296 e. The number of anilines is 1. The van der Waals surface area contributed by atoms with Gasteiger partial charge in [0.25, 0.3) is 5.91 Å². The number of aromatic nitrogens is 1. The highest BCUT2D eigenvalue weighted by molar-refractivity contribution is 9.10. The van der Waals surface area contributed by atoms with E-state index in [1.54, 1.807) is 31.2 Å². The number of amides is 1. The molecule has 0 fully saturated rings. The number of carbonyl (C=O) groups excluding carboxylic acids is 1. The zero-order valence-corrected chi connectivity index (χ0v) is 19.7. The Bertz CT molecular complexity index is 1430. The van der Waals surface area contributed by atoms with Gasteiger partial charge < -0.3 is 8.94 Å². The van der Waals surface area contributed by atoms with Gasteiger partial charge in [0.1, 0.15) is 11.3 Å². The number of halogens is 1.